The van der Waals surface area contributed by atoms with Crippen LogP contribution in [0.5, 0.6) is 0 Å². The van der Waals surface area contributed by atoms with Crippen LogP contribution < -0.4 is 0 Å². The van der Waals surface area contributed by atoms with Gasteiger partial charge in [0.15, 0.2) is 0 Å². The molecule has 1 rings (SSSR count). The van der Waals surface area contributed by atoms with Crippen LogP contribution in [-0.2, 0) is 4.74 Å². The van der Waals surface area contributed by atoms with E-state index in [0.29, 0.717) is 12.2 Å². The van der Waals surface area contributed by atoms with Gasteiger partial charge in [-0.15, -0.1) is 0 Å². The molecule has 0 heterocycles. The minimum Gasteiger partial charge on any atom is -0.478 e. The molecule has 1 aromatic carbocycles. The van der Waals surface area contributed by atoms with E-state index < -0.39 is 5.97 Å². The summed E-state index contributed by atoms with van der Waals surface area (Å²) in [6.45, 7) is 2.71. The molecule has 0 bridgehead atoms. The third kappa shape index (κ3) is 16.7. The van der Waals surface area contributed by atoms with Crippen molar-refractivity contribution in [1.29, 1.82) is 0 Å². The predicted molar refractivity (Wildman–Crippen MR) is 142 cm³/mol. The molecular weight excluding hydrogens is 424 g/mol. The van der Waals surface area contributed by atoms with Crippen molar-refractivity contribution in [3.05, 3.63) is 35.4 Å². The van der Waals surface area contributed by atoms with Crippen LogP contribution in [0, 0.1) is 0 Å². The molecule has 4 nitrogen and oxygen atoms in total. The zero-order valence-electron chi connectivity index (χ0n) is 21.8. The van der Waals surface area contributed by atoms with Gasteiger partial charge in [-0.2, -0.15) is 0 Å². The van der Waals surface area contributed by atoms with Crippen LogP contribution in [0.2, 0.25) is 0 Å². The van der Waals surface area contributed by atoms with E-state index in [-0.39, 0.29) is 11.5 Å². The Morgan fingerprint density at radius 2 is 0.882 bits per heavy atom. The molecule has 0 radical (unpaired) electrons. The molecular formula is C30H50O4. The molecule has 34 heavy (non-hydrogen) atoms. The number of benzene rings is 1. The van der Waals surface area contributed by atoms with Crippen LogP contribution in [0.15, 0.2) is 24.3 Å². The van der Waals surface area contributed by atoms with E-state index >= 15 is 0 Å². The van der Waals surface area contributed by atoms with E-state index in [1.54, 1.807) is 0 Å². The van der Waals surface area contributed by atoms with Gasteiger partial charge >= 0.3 is 11.9 Å². The Morgan fingerprint density at radius 3 is 1.24 bits per heavy atom. The van der Waals surface area contributed by atoms with Gasteiger partial charge in [0.25, 0.3) is 0 Å². The fourth-order valence-electron chi connectivity index (χ4n) is 4.35. The number of ether oxygens (including phenoxy) is 1. The molecule has 4 heteroatoms. The van der Waals surface area contributed by atoms with Crippen molar-refractivity contribution in [2.45, 2.75) is 135 Å². The van der Waals surface area contributed by atoms with Gasteiger partial charge in [0.2, 0.25) is 0 Å². The van der Waals surface area contributed by atoms with Gasteiger partial charge in [0.1, 0.15) is 0 Å². The fourth-order valence-corrected chi connectivity index (χ4v) is 4.35. The third-order valence-electron chi connectivity index (χ3n) is 6.60. The second kappa shape index (κ2) is 21.7. The molecule has 0 unspecified atom stereocenters. The smallest absolute Gasteiger partial charge is 0.338 e. The Labute approximate surface area is 208 Å². The highest BCUT2D eigenvalue weighted by Gasteiger charge is 2.08. The SMILES string of the molecule is CCCCCCCCCCCCCCCCCCCCCCOC(=O)c1ccc(C(=O)O)cc1. The van der Waals surface area contributed by atoms with Gasteiger partial charge in [0, 0.05) is 0 Å². The average molecular weight is 475 g/mol. The number of carbonyl (C=O) groups is 2. The van der Waals surface area contributed by atoms with E-state index in [9.17, 15) is 9.59 Å². The van der Waals surface area contributed by atoms with Gasteiger partial charge < -0.3 is 9.84 Å². The molecule has 0 spiro atoms. The molecule has 1 aromatic rings. The van der Waals surface area contributed by atoms with Crippen molar-refractivity contribution in [3.8, 4) is 0 Å². The summed E-state index contributed by atoms with van der Waals surface area (Å²) in [5.74, 6) is -1.38. The average Bonchev–Trinajstić information content (AvgIpc) is 2.85. The Balaban J connectivity index is 1.78. The lowest BCUT2D eigenvalue weighted by molar-refractivity contribution is 0.0496. The highest BCUT2D eigenvalue weighted by atomic mass is 16.5. The third-order valence-corrected chi connectivity index (χ3v) is 6.60. The first-order chi connectivity index (χ1) is 16.6. The van der Waals surface area contributed by atoms with Crippen LogP contribution in [0.25, 0.3) is 0 Å². The zero-order valence-corrected chi connectivity index (χ0v) is 21.8. The largest absolute Gasteiger partial charge is 0.478 e. The topological polar surface area (TPSA) is 63.6 Å². The molecule has 194 valence electrons. The molecule has 0 aliphatic heterocycles. The first kappa shape index (κ1) is 30.2. The molecule has 0 saturated heterocycles. The fraction of sp³-hybridized carbons (Fsp3) is 0.733. The Hall–Kier alpha value is -1.84. The number of aromatic carboxylic acids is 1. The van der Waals surface area contributed by atoms with Crippen molar-refractivity contribution < 1.29 is 19.4 Å². The number of esters is 1. The molecule has 1 N–H and O–H groups in total. The summed E-state index contributed by atoms with van der Waals surface area (Å²) >= 11 is 0. The lowest BCUT2D eigenvalue weighted by atomic mass is 10.0. The van der Waals surface area contributed by atoms with Crippen LogP contribution in [0.1, 0.15) is 156 Å². The van der Waals surface area contributed by atoms with E-state index in [1.807, 2.05) is 0 Å². The summed E-state index contributed by atoms with van der Waals surface area (Å²) in [5, 5.41) is 8.89. The first-order valence-corrected chi connectivity index (χ1v) is 14.2. The molecule has 0 aromatic heterocycles. The van der Waals surface area contributed by atoms with E-state index in [0.717, 1.165) is 12.8 Å². The number of hydrogen-bond acceptors (Lipinski definition) is 3. The minimum absolute atomic E-state index is 0.172. The lowest BCUT2D eigenvalue weighted by Gasteiger charge is -2.06. The first-order valence-electron chi connectivity index (χ1n) is 14.2. The number of carboxylic acid groups (broad SMARTS) is 1. The quantitative estimate of drug-likeness (QED) is 0.127. The summed E-state index contributed by atoms with van der Waals surface area (Å²) in [7, 11) is 0. The van der Waals surface area contributed by atoms with Gasteiger partial charge in [-0.3, -0.25) is 0 Å². The number of carbonyl (C=O) groups excluding carboxylic acids is 1. The van der Waals surface area contributed by atoms with E-state index in [4.69, 9.17) is 9.84 Å². The summed E-state index contributed by atoms with van der Waals surface area (Å²) in [6.07, 6.45) is 26.9. The Morgan fingerprint density at radius 1 is 0.559 bits per heavy atom. The second-order valence-corrected chi connectivity index (χ2v) is 9.74. The summed E-state index contributed by atoms with van der Waals surface area (Å²) in [4.78, 5) is 22.8. The van der Waals surface area contributed by atoms with Crippen LogP contribution >= 0.6 is 0 Å². The van der Waals surface area contributed by atoms with E-state index in [2.05, 4.69) is 6.92 Å². The highest BCUT2D eigenvalue weighted by Crippen LogP contribution is 2.15. The molecule has 0 aliphatic rings. The van der Waals surface area contributed by atoms with Gasteiger partial charge in [-0.05, 0) is 30.7 Å². The number of rotatable bonds is 23. The Kier molecular flexibility index (Phi) is 19.2. The summed E-state index contributed by atoms with van der Waals surface area (Å²) in [6, 6.07) is 5.86. The van der Waals surface area contributed by atoms with Crippen LogP contribution in [0.3, 0.4) is 0 Å². The van der Waals surface area contributed by atoms with Gasteiger partial charge in [-0.25, -0.2) is 9.59 Å². The molecule has 0 amide bonds. The summed E-state index contributed by atoms with van der Waals surface area (Å²) < 4.78 is 5.28. The van der Waals surface area contributed by atoms with Crippen molar-refractivity contribution in [1.82, 2.24) is 0 Å². The zero-order chi connectivity index (χ0) is 24.7. The van der Waals surface area contributed by atoms with E-state index in [1.165, 1.54) is 140 Å². The Bertz CT molecular complexity index is 623. The van der Waals surface area contributed by atoms with Crippen LogP contribution in [-0.4, -0.2) is 23.7 Å². The predicted octanol–water partition coefficient (Wildman–Crippen LogP) is 9.36. The molecule has 0 saturated carbocycles. The van der Waals surface area contributed by atoms with Crippen molar-refractivity contribution in [3.63, 3.8) is 0 Å². The second-order valence-electron chi connectivity index (χ2n) is 9.74. The van der Waals surface area contributed by atoms with Gasteiger partial charge in [0.05, 0.1) is 17.7 Å². The molecule has 0 fully saturated rings. The maximum atomic E-state index is 12.0. The molecule has 0 aliphatic carbocycles. The van der Waals surface area contributed by atoms with Crippen molar-refractivity contribution in [2.75, 3.05) is 6.61 Å². The normalized spacial score (nSPS) is 11.0. The molecule has 0 atom stereocenters. The maximum absolute atomic E-state index is 12.0. The number of carboxylic acids is 1. The maximum Gasteiger partial charge on any atom is 0.338 e. The lowest BCUT2D eigenvalue weighted by Crippen LogP contribution is -2.07. The van der Waals surface area contributed by atoms with Crippen molar-refractivity contribution in [2.24, 2.45) is 0 Å². The minimum atomic E-state index is -0.996. The number of unbranched alkanes of at least 4 members (excludes halogenated alkanes) is 19. The van der Waals surface area contributed by atoms with Crippen molar-refractivity contribution >= 4 is 11.9 Å². The van der Waals surface area contributed by atoms with Gasteiger partial charge in [-0.1, -0.05) is 129 Å². The highest BCUT2D eigenvalue weighted by molar-refractivity contribution is 5.92. The van der Waals surface area contributed by atoms with Crippen LogP contribution in [0.4, 0.5) is 0 Å². The number of hydrogen-bond donors (Lipinski definition) is 1. The summed E-state index contributed by atoms with van der Waals surface area (Å²) in [5.41, 5.74) is 0.573. The standard InChI is InChI=1S/C30H50O4/c1-2-3-4-5-6-7-8-9-10-11-12-13-14-15-16-17-18-19-20-21-26-34-30(33)28-24-22-27(23-25-28)29(31)32/h22-25H,2-21,26H2,1H3,(H,31,32). The monoisotopic (exact) mass is 474 g/mol.